The molecule has 14 heavy (non-hydrogen) atoms. The van der Waals surface area contributed by atoms with E-state index in [0.717, 1.165) is 5.57 Å². The summed E-state index contributed by atoms with van der Waals surface area (Å²) in [6.45, 7) is 3.47. The normalized spacial score (nSPS) is 32.1. The SMILES string of the molecule is CC1=C[C@H](C)[C@@H](C(=O)[O-])[C@@H](C(=O)[O-])C1. The van der Waals surface area contributed by atoms with Crippen molar-refractivity contribution >= 4 is 11.9 Å². The van der Waals surface area contributed by atoms with Crippen molar-refractivity contribution in [2.45, 2.75) is 20.3 Å². The van der Waals surface area contributed by atoms with Crippen molar-refractivity contribution in [2.24, 2.45) is 17.8 Å². The van der Waals surface area contributed by atoms with Gasteiger partial charge in [-0.1, -0.05) is 18.6 Å². The van der Waals surface area contributed by atoms with E-state index in [2.05, 4.69) is 0 Å². The van der Waals surface area contributed by atoms with Crippen molar-refractivity contribution in [3.05, 3.63) is 11.6 Å². The van der Waals surface area contributed by atoms with Gasteiger partial charge in [0.1, 0.15) is 0 Å². The van der Waals surface area contributed by atoms with Gasteiger partial charge in [0.05, 0.1) is 0 Å². The van der Waals surface area contributed by atoms with Gasteiger partial charge in [-0.2, -0.15) is 0 Å². The molecular weight excluding hydrogens is 184 g/mol. The van der Waals surface area contributed by atoms with Crippen LogP contribution >= 0.6 is 0 Å². The van der Waals surface area contributed by atoms with Gasteiger partial charge in [-0.3, -0.25) is 0 Å². The smallest absolute Gasteiger partial charge is 0.0457 e. The van der Waals surface area contributed by atoms with Crippen LogP contribution in [0, 0.1) is 17.8 Å². The predicted molar refractivity (Wildman–Crippen MR) is 44.5 cm³/mol. The monoisotopic (exact) mass is 196 g/mol. The van der Waals surface area contributed by atoms with E-state index in [1.165, 1.54) is 0 Å². The fraction of sp³-hybridized carbons (Fsp3) is 0.600. The highest BCUT2D eigenvalue weighted by Crippen LogP contribution is 2.33. The van der Waals surface area contributed by atoms with Gasteiger partial charge in [0.15, 0.2) is 0 Å². The molecule has 0 aliphatic heterocycles. The van der Waals surface area contributed by atoms with E-state index in [9.17, 15) is 19.8 Å². The lowest BCUT2D eigenvalue weighted by Crippen LogP contribution is -2.47. The van der Waals surface area contributed by atoms with Crippen LogP contribution in [0.2, 0.25) is 0 Å². The van der Waals surface area contributed by atoms with Gasteiger partial charge in [-0.05, 0) is 19.3 Å². The maximum atomic E-state index is 10.8. The molecule has 78 valence electrons. The van der Waals surface area contributed by atoms with E-state index in [1.807, 2.05) is 0 Å². The molecule has 4 nitrogen and oxygen atoms in total. The summed E-state index contributed by atoms with van der Waals surface area (Å²) in [5.74, 6) is -4.85. The predicted octanol–water partition coefficient (Wildman–Crippen LogP) is -1.30. The van der Waals surface area contributed by atoms with Gasteiger partial charge < -0.3 is 19.8 Å². The fourth-order valence-corrected chi connectivity index (χ4v) is 2.07. The number of carboxylic acid groups (broad SMARTS) is 2. The summed E-state index contributed by atoms with van der Waals surface area (Å²) in [6.07, 6.45) is 2.02. The van der Waals surface area contributed by atoms with Gasteiger partial charge in [0.2, 0.25) is 0 Å². The Morgan fingerprint density at radius 1 is 1.36 bits per heavy atom. The van der Waals surface area contributed by atoms with Crippen LogP contribution in [0.15, 0.2) is 11.6 Å². The Morgan fingerprint density at radius 3 is 2.36 bits per heavy atom. The Bertz CT molecular complexity index is 292. The highest BCUT2D eigenvalue weighted by Gasteiger charge is 2.31. The lowest BCUT2D eigenvalue weighted by atomic mass is 9.74. The van der Waals surface area contributed by atoms with Crippen molar-refractivity contribution in [3.8, 4) is 0 Å². The molecule has 1 aliphatic carbocycles. The number of rotatable bonds is 2. The topological polar surface area (TPSA) is 80.3 Å². The number of carboxylic acids is 2. The first-order valence-corrected chi connectivity index (χ1v) is 4.52. The third-order valence-electron chi connectivity index (χ3n) is 2.66. The molecule has 0 aromatic rings. The minimum Gasteiger partial charge on any atom is -0.550 e. The van der Waals surface area contributed by atoms with Crippen LogP contribution < -0.4 is 10.2 Å². The second kappa shape index (κ2) is 3.82. The molecular formula is C10H12O4-2. The van der Waals surface area contributed by atoms with Crippen LogP contribution in [0.3, 0.4) is 0 Å². The number of aliphatic carboxylic acids is 2. The molecule has 0 heterocycles. The van der Waals surface area contributed by atoms with E-state index < -0.39 is 23.8 Å². The zero-order chi connectivity index (χ0) is 10.9. The van der Waals surface area contributed by atoms with Gasteiger partial charge in [-0.25, -0.2) is 0 Å². The minimum atomic E-state index is -1.31. The second-order valence-corrected chi connectivity index (χ2v) is 3.85. The van der Waals surface area contributed by atoms with Gasteiger partial charge in [-0.15, -0.1) is 0 Å². The van der Waals surface area contributed by atoms with Crippen LogP contribution in [-0.2, 0) is 9.59 Å². The van der Waals surface area contributed by atoms with Crippen LogP contribution in [0.5, 0.6) is 0 Å². The summed E-state index contributed by atoms with van der Waals surface area (Å²) in [4.78, 5) is 21.5. The molecule has 0 N–H and O–H groups in total. The van der Waals surface area contributed by atoms with Gasteiger partial charge in [0, 0.05) is 23.8 Å². The molecule has 0 bridgehead atoms. The van der Waals surface area contributed by atoms with Gasteiger partial charge in [0.25, 0.3) is 0 Å². The average Bonchev–Trinajstić information content (AvgIpc) is 2.01. The number of hydrogen-bond acceptors (Lipinski definition) is 4. The van der Waals surface area contributed by atoms with Gasteiger partial charge >= 0.3 is 0 Å². The third-order valence-corrected chi connectivity index (χ3v) is 2.66. The van der Waals surface area contributed by atoms with E-state index in [0.29, 0.717) is 0 Å². The standard InChI is InChI=1S/C10H14O4/c1-5-3-6(2)8(10(13)14)7(4-5)9(11)12/h3,6-8H,4H2,1-2H3,(H,11,12)(H,13,14)/p-2/t6-,7-,8+/m0/s1. The molecule has 0 saturated heterocycles. The first-order chi connectivity index (χ1) is 6.43. The molecule has 0 spiro atoms. The van der Waals surface area contributed by atoms with E-state index >= 15 is 0 Å². The van der Waals surface area contributed by atoms with E-state index in [-0.39, 0.29) is 12.3 Å². The molecule has 0 aromatic heterocycles. The van der Waals surface area contributed by atoms with Crippen molar-refractivity contribution in [1.29, 1.82) is 0 Å². The maximum absolute atomic E-state index is 10.8. The molecule has 0 unspecified atom stereocenters. The summed E-state index contributed by atoms with van der Waals surface area (Å²) >= 11 is 0. The zero-order valence-corrected chi connectivity index (χ0v) is 8.15. The summed E-state index contributed by atoms with van der Waals surface area (Å²) in [6, 6.07) is 0. The van der Waals surface area contributed by atoms with Crippen molar-refractivity contribution in [2.75, 3.05) is 0 Å². The Kier molecular flexibility index (Phi) is 2.93. The maximum Gasteiger partial charge on any atom is 0.0457 e. The van der Waals surface area contributed by atoms with Crippen molar-refractivity contribution in [3.63, 3.8) is 0 Å². The van der Waals surface area contributed by atoms with Crippen molar-refractivity contribution < 1.29 is 19.8 Å². The Balaban J connectivity index is 2.98. The lowest BCUT2D eigenvalue weighted by Gasteiger charge is -2.36. The quantitative estimate of drug-likeness (QED) is 0.514. The highest BCUT2D eigenvalue weighted by molar-refractivity contribution is 5.79. The highest BCUT2D eigenvalue weighted by atomic mass is 16.4. The molecule has 0 fully saturated rings. The first-order valence-electron chi connectivity index (χ1n) is 4.52. The van der Waals surface area contributed by atoms with Crippen LogP contribution in [0.1, 0.15) is 20.3 Å². The van der Waals surface area contributed by atoms with E-state index in [1.54, 1.807) is 19.9 Å². The summed E-state index contributed by atoms with van der Waals surface area (Å²) in [5.41, 5.74) is 0.893. The molecule has 0 radical (unpaired) electrons. The molecule has 0 aromatic carbocycles. The number of carbonyl (C=O) groups is 2. The summed E-state index contributed by atoms with van der Waals surface area (Å²) in [7, 11) is 0. The average molecular weight is 196 g/mol. The van der Waals surface area contributed by atoms with Crippen LogP contribution in [0.25, 0.3) is 0 Å². The molecule has 3 atom stereocenters. The summed E-state index contributed by atoms with van der Waals surface area (Å²) < 4.78 is 0. The van der Waals surface area contributed by atoms with E-state index in [4.69, 9.17) is 0 Å². The number of hydrogen-bond donors (Lipinski definition) is 0. The zero-order valence-electron chi connectivity index (χ0n) is 8.15. The largest absolute Gasteiger partial charge is 0.550 e. The minimum absolute atomic E-state index is 0.241. The number of allylic oxidation sites excluding steroid dienone is 2. The molecule has 4 heteroatoms. The molecule has 0 amide bonds. The Labute approximate surface area is 82.2 Å². The second-order valence-electron chi connectivity index (χ2n) is 3.85. The lowest BCUT2D eigenvalue weighted by molar-refractivity contribution is -0.328. The third kappa shape index (κ3) is 1.95. The summed E-state index contributed by atoms with van der Waals surface area (Å²) in [5, 5.41) is 21.5. The number of carbonyl (C=O) groups excluding carboxylic acids is 2. The Morgan fingerprint density at radius 2 is 1.93 bits per heavy atom. The van der Waals surface area contributed by atoms with Crippen molar-refractivity contribution in [1.82, 2.24) is 0 Å². The van der Waals surface area contributed by atoms with Crippen LogP contribution in [-0.4, -0.2) is 11.9 Å². The molecule has 1 aliphatic rings. The van der Waals surface area contributed by atoms with Crippen LogP contribution in [0.4, 0.5) is 0 Å². The fourth-order valence-electron chi connectivity index (χ4n) is 2.07. The Hall–Kier alpha value is -1.32. The molecule has 0 saturated carbocycles. The molecule has 1 rings (SSSR count). The first kappa shape index (κ1) is 10.8.